The number of thiophene rings is 1. The zero-order valence-corrected chi connectivity index (χ0v) is 27.0. The normalized spacial score (nSPS) is 15.7. The molecule has 4 aromatic rings. The molecule has 44 heavy (non-hydrogen) atoms. The lowest BCUT2D eigenvalue weighted by molar-refractivity contribution is -0.116. The second-order valence-electron chi connectivity index (χ2n) is 12.0. The van der Waals surface area contributed by atoms with Gasteiger partial charge in [0.15, 0.2) is 0 Å². The number of hydrogen-bond donors (Lipinski definition) is 0. The molecule has 6 rings (SSSR count). The van der Waals surface area contributed by atoms with Crippen molar-refractivity contribution >= 4 is 33.0 Å². The Labute approximate surface area is 266 Å². The third kappa shape index (κ3) is 7.28. The molecule has 232 valence electrons. The van der Waals surface area contributed by atoms with Gasteiger partial charge in [-0.05, 0) is 130 Å². The Balaban J connectivity index is 1.24. The van der Waals surface area contributed by atoms with Crippen LogP contribution in [0.2, 0.25) is 0 Å². The molecule has 0 radical (unpaired) electrons. The van der Waals surface area contributed by atoms with E-state index in [9.17, 15) is 4.79 Å². The highest BCUT2D eigenvalue weighted by atomic mass is 32.1. The number of amides is 1. The summed E-state index contributed by atoms with van der Waals surface area (Å²) in [5, 5.41) is 1.28. The Kier molecular flexibility index (Phi) is 10.2. The van der Waals surface area contributed by atoms with Gasteiger partial charge in [0.2, 0.25) is 5.91 Å². The Morgan fingerprint density at radius 1 is 0.841 bits per heavy atom. The SMILES string of the molecule is CCN(C(C)=O)c1cc(Cc2c(-c3ccc(OCCN4CCCC4)cc3)sc3ccccc23)ccc1OCCN1CCCC1. The van der Waals surface area contributed by atoms with Crippen LogP contribution in [0.25, 0.3) is 20.5 Å². The molecule has 1 aromatic heterocycles. The third-order valence-corrected chi connectivity index (χ3v) is 10.2. The fraction of sp³-hybridized carbons (Fsp3) is 0.432. The number of fused-ring (bicyclic) bond motifs is 1. The Hall–Kier alpha value is -3.39. The average molecular weight is 612 g/mol. The van der Waals surface area contributed by atoms with Crippen molar-refractivity contribution in [1.82, 2.24) is 9.80 Å². The molecule has 0 N–H and O–H groups in total. The van der Waals surface area contributed by atoms with Gasteiger partial charge in [-0.3, -0.25) is 14.6 Å². The number of carbonyl (C=O) groups is 1. The van der Waals surface area contributed by atoms with E-state index in [4.69, 9.17) is 9.47 Å². The van der Waals surface area contributed by atoms with Crippen molar-refractivity contribution in [2.75, 3.05) is 63.9 Å². The van der Waals surface area contributed by atoms with Crippen molar-refractivity contribution in [3.05, 3.63) is 77.9 Å². The summed E-state index contributed by atoms with van der Waals surface area (Å²) in [5.74, 6) is 1.73. The number of ether oxygens (including phenoxy) is 2. The van der Waals surface area contributed by atoms with Gasteiger partial charge in [-0.1, -0.05) is 24.3 Å². The Morgan fingerprint density at radius 3 is 2.16 bits per heavy atom. The lowest BCUT2D eigenvalue weighted by atomic mass is 9.98. The minimum absolute atomic E-state index is 0.0263. The van der Waals surface area contributed by atoms with Crippen LogP contribution in [0.4, 0.5) is 5.69 Å². The number of likely N-dealkylation sites (tertiary alicyclic amines) is 2. The molecule has 0 atom stereocenters. The van der Waals surface area contributed by atoms with Gasteiger partial charge in [0.05, 0.1) is 5.69 Å². The van der Waals surface area contributed by atoms with Crippen molar-refractivity contribution in [2.45, 2.75) is 46.0 Å². The third-order valence-electron chi connectivity index (χ3n) is 8.94. The van der Waals surface area contributed by atoms with Crippen LogP contribution in [-0.4, -0.2) is 74.7 Å². The Bertz CT molecular complexity index is 1540. The number of hydrogen-bond acceptors (Lipinski definition) is 6. The van der Waals surface area contributed by atoms with Crippen LogP contribution in [0.15, 0.2) is 66.7 Å². The van der Waals surface area contributed by atoms with E-state index in [0.717, 1.165) is 56.4 Å². The van der Waals surface area contributed by atoms with Crippen LogP contribution < -0.4 is 14.4 Å². The first-order valence-corrected chi connectivity index (χ1v) is 17.1. The monoisotopic (exact) mass is 611 g/mol. The lowest BCUT2D eigenvalue weighted by Crippen LogP contribution is -2.29. The number of benzene rings is 3. The standard InChI is InChI=1S/C37H45N3O3S/c1-3-40(28(2)41)34-27-29(12-17-35(34)43-25-23-39-20-8-9-21-39)26-33-32-10-4-5-11-36(32)44-37(33)30-13-15-31(16-14-30)42-24-22-38-18-6-7-19-38/h4-5,10-17,27H,3,6-9,18-26H2,1-2H3. The molecule has 7 heteroatoms. The van der Waals surface area contributed by atoms with Crippen molar-refractivity contribution < 1.29 is 14.3 Å². The number of nitrogens with zero attached hydrogens (tertiary/aromatic N) is 3. The van der Waals surface area contributed by atoms with Crippen LogP contribution in [-0.2, 0) is 11.2 Å². The summed E-state index contributed by atoms with van der Waals surface area (Å²) in [5.41, 5.74) is 4.54. The molecule has 1 amide bonds. The average Bonchev–Trinajstić information content (AvgIpc) is 3.82. The quantitative estimate of drug-likeness (QED) is 0.157. The van der Waals surface area contributed by atoms with Crippen LogP contribution in [0.5, 0.6) is 11.5 Å². The van der Waals surface area contributed by atoms with Gasteiger partial charge in [-0.25, -0.2) is 0 Å². The van der Waals surface area contributed by atoms with Gasteiger partial charge < -0.3 is 14.4 Å². The van der Waals surface area contributed by atoms with E-state index >= 15 is 0 Å². The van der Waals surface area contributed by atoms with E-state index < -0.39 is 0 Å². The molecule has 3 heterocycles. The summed E-state index contributed by atoms with van der Waals surface area (Å²) in [4.78, 5) is 20.7. The topological polar surface area (TPSA) is 45.3 Å². The van der Waals surface area contributed by atoms with Gasteiger partial charge in [0, 0.05) is 36.1 Å². The summed E-state index contributed by atoms with van der Waals surface area (Å²) in [7, 11) is 0. The molecule has 2 fully saturated rings. The molecule has 0 aliphatic carbocycles. The van der Waals surface area contributed by atoms with E-state index in [1.807, 2.05) is 23.2 Å². The van der Waals surface area contributed by atoms with Crippen molar-refractivity contribution in [3.63, 3.8) is 0 Å². The fourth-order valence-corrected chi connectivity index (χ4v) is 7.80. The van der Waals surface area contributed by atoms with E-state index in [1.54, 1.807) is 6.92 Å². The van der Waals surface area contributed by atoms with Crippen molar-refractivity contribution in [2.24, 2.45) is 0 Å². The predicted molar refractivity (Wildman–Crippen MR) is 183 cm³/mol. The minimum atomic E-state index is 0.0263. The summed E-state index contributed by atoms with van der Waals surface area (Å²) in [6, 6.07) is 23.6. The summed E-state index contributed by atoms with van der Waals surface area (Å²) >= 11 is 1.84. The highest BCUT2D eigenvalue weighted by Crippen LogP contribution is 2.41. The molecule has 2 aliphatic rings. The maximum atomic E-state index is 12.7. The number of anilines is 1. The predicted octanol–water partition coefficient (Wildman–Crippen LogP) is 7.48. The molecule has 0 unspecified atom stereocenters. The maximum absolute atomic E-state index is 12.7. The molecule has 6 nitrogen and oxygen atoms in total. The highest BCUT2D eigenvalue weighted by molar-refractivity contribution is 7.22. The molecule has 2 aliphatic heterocycles. The second kappa shape index (κ2) is 14.6. The molecular formula is C37H45N3O3S. The Morgan fingerprint density at radius 2 is 1.50 bits per heavy atom. The molecule has 3 aromatic carbocycles. The molecular weight excluding hydrogens is 566 g/mol. The highest BCUT2D eigenvalue weighted by Gasteiger charge is 2.20. The lowest BCUT2D eigenvalue weighted by Gasteiger charge is -2.24. The van der Waals surface area contributed by atoms with Gasteiger partial charge in [0.25, 0.3) is 0 Å². The molecule has 0 spiro atoms. The zero-order valence-electron chi connectivity index (χ0n) is 26.2. The molecule has 0 bridgehead atoms. The molecule has 0 saturated carbocycles. The smallest absolute Gasteiger partial charge is 0.223 e. The first-order valence-electron chi connectivity index (χ1n) is 16.3. The van der Waals surface area contributed by atoms with E-state index in [2.05, 4.69) is 76.5 Å². The summed E-state index contributed by atoms with van der Waals surface area (Å²) in [6.45, 7) is 12.2. The zero-order chi connectivity index (χ0) is 30.3. The van der Waals surface area contributed by atoms with Gasteiger partial charge in [-0.15, -0.1) is 11.3 Å². The van der Waals surface area contributed by atoms with E-state index in [-0.39, 0.29) is 5.91 Å². The summed E-state index contributed by atoms with van der Waals surface area (Å²) < 4.78 is 13.7. The van der Waals surface area contributed by atoms with Gasteiger partial charge in [-0.2, -0.15) is 0 Å². The van der Waals surface area contributed by atoms with E-state index in [0.29, 0.717) is 13.2 Å². The number of carbonyl (C=O) groups excluding carboxylic acids is 1. The van der Waals surface area contributed by atoms with E-state index in [1.165, 1.54) is 70.4 Å². The molecule has 2 saturated heterocycles. The maximum Gasteiger partial charge on any atom is 0.223 e. The summed E-state index contributed by atoms with van der Waals surface area (Å²) in [6.07, 6.45) is 5.91. The number of rotatable bonds is 13. The van der Waals surface area contributed by atoms with Crippen LogP contribution in [0.1, 0.15) is 50.7 Å². The fourth-order valence-electron chi connectivity index (χ4n) is 6.57. The first-order chi connectivity index (χ1) is 21.6. The van der Waals surface area contributed by atoms with Crippen molar-refractivity contribution in [3.8, 4) is 21.9 Å². The minimum Gasteiger partial charge on any atom is -0.492 e. The largest absolute Gasteiger partial charge is 0.492 e. The van der Waals surface area contributed by atoms with Crippen LogP contribution in [0.3, 0.4) is 0 Å². The van der Waals surface area contributed by atoms with Gasteiger partial charge >= 0.3 is 0 Å². The van der Waals surface area contributed by atoms with Crippen molar-refractivity contribution in [1.29, 1.82) is 0 Å². The van der Waals surface area contributed by atoms with Gasteiger partial charge in [0.1, 0.15) is 24.7 Å². The first kappa shape index (κ1) is 30.6. The van der Waals surface area contributed by atoms with Crippen LogP contribution >= 0.6 is 11.3 Å². The second-order valence-corrected chi connectivity index (χ2v) is 13.0. The van der Waals surface area contributed by atoms with Crippen LogP contribution in [0, 0.1) is 0 Å².